The van der Waals surface area contributed by atoms with Gasteiger partial charge < -0.3 is 19.3 Å². The SMILES string of the molecule is COc1cccc(-c2cc(CC(=O)N3CCCC(CO)C3)no2)c1. The van der Waals surface area contributed by atoms with Gasteiger partial charge in [0.25, 0.3) is 0 Å². The third-order valence-corrected chi connectivity index (χ3v) is 4.38. The number of benzene rings is 1. The molecule has 1 aromatic heterocycles. The van der Waals surface area contributed by atoms with E-state index in [2.05, 4.69) is 5.16 Å². The Labute approximate surface area is 141 Å². The first-order valence-corrected chi connectivity index (χ1v) is 8.18. The van der Waals surface area contributed by atoms with Crippen molar-refractivity contribution < 1.29 is 19.2 Å². The summed E-state index contributed by atoms with van der Waals surface area (Å²) in [6, 6.07) is 9.30. The fourth-order valence-electron chi connectivity index (χ4n) is 3.01. The van der Waals surface area contributed by atoms with Crippen molar-refractivity contribution in [1.82, 2.24) is 10.1 Å². The Morgan fingerprint density at radius 2 is 2.33 bits per heavy atom. The van der Waals surface area contributed by atoms with Crippen LogP contribution in [0.5, 0.6) is 5.75 Å². The van der Waals surface area contributed by atoms with E-state index < -0.39 is 0 Å². The summed E-state index contributed by atoms with van der Waals surface area (Å²) in [4.78, 5) is 14.2. The molecule has 3 rings (SSSR count). The summed E-state index contributed by atoms with van der Waals surface area (Å²) in [6.45, 7) is 1.50. The molecule has 1 N–H and O–H groups in total. The molecule has 1 saturated heterocycles. The number of ether oxygens (including phenoxy) is 1. The van der Waals surface area contributed by atoms with Crippen LogP contribution >= 0.6 is 0 Å². The fourth-order valence-corrected chi connectivity index (χ4v) is 3.01. The van der Waals surface area contributed by atoms with E-state index >= 15 is 0 Å². The zero-order valence-corrected chi connectivity index (χ0v) is 13.8. The molecule has 1 aliphatic rings. The molecule has 1 amide bonds. The molecule has 1 atom stereocenters. The van der Waals surface area contributed by atoms with Crippen molar-refractivity contribution in [2.24, 2.45) is 5.92 Å². The van der Waals surface area contributed by atoms with Crippen LogP contribution in [0.2, 0.25) is 0 Å². The predicted octanol–water partition coefficient (Wildman–Crippen LogP) is 2.12. The number of hydrogen-bond acceptors (Lipinski definition) is 5. The first kappa shape index (κ1) is 16.5. The lowest BCUT2D eigenvalue weighted by molar-refractivity contribution is -0.132. The van der Waals surface area contributed by atoms with Crippen LogP contribution in [0.15, 0.2) is 34.9 Å². The van der Waals surface area contributed by atoms with Crippen molar-refractivity contribution >= 4 is 5.91 Å². The van der Waals surface area contributed by atoms with Gasteiger partial charge in [0.2, 0.25) is 5.91 Å². The molecule has 2 aromatic rings. The van der Waals surface area contributed by atoms with Gasteiger partial charge >= 0.3 is 0 Å². The van der Waals surface area contributed by atoms with Crippen LogP contribution in [0, 0.1) is 5.92 Å². The van der Waals surface area contributed by atoms with Crippen molar-refractivity contribution in [3.05, 3.63) is 36.0 Å². The molecular formula is C18H22N2O4. The number of methoxy groups -OCH3 is 1. The van der Waals surface area contributed by atoms with Gasteiger partial charge in [-0.05, 0) is 30.9 Å². The number of rotatable bonds is 5. The number of piperidine rings is 1. The summed E-state index contributed by atoms with van der Waals surface area (Å²) >= 11 is 0. The molecule has 0 aliphatic carbocycles. The van der Waals surface area contributed by atoms with Gasteiger partial charge in [-0.3, -0.25) is 4.79 Å². The maximum atomic E-state index is 12.4. The summed E-state index contributed by atoms with van der Waals surface area (Å²) in [5.41, 5.74) is 1.47. The quantitative estimate of drug-likeness (QED) is 0.909. The zero-order valence-electron chi connectivity index (χ0n) is 13.8. The standard InChI is InChI=1S/C18H22N2O4/c1-23-16-6-2-5-14(8-16)17-9-15(19-24-17)10-18(22)20-7-3-4-13(11-20)12-21/h2,5-6,8-9,13,21H,3-4,7,10-12H2,1H3. The van der Waals surface area contributed by atoms with Gasteiger partial charge in [0, 0.05) is 31.3 Å². The molecule has 0 radical (unpaired) electrons. The minimum Gasteiger partial charge on any atom is -0.497 e. The van der Waals surface area contributed by atoms with E-state index in [0.29, 0.717) is 18.0 Å². The first-order chi connectivity index (χ1) is 11.7. The van der Waals surface area contributed by atoms with Crippen molar-refractivity contribution in [2.45, 2.75) is 19.3 Å². The highest BCUT2D eigenvalue weighted by atomic mass is 16.5. The lowest BCUT2D eigenvalue weighted by Gasteiger charge is -2.31. The average molecular weight is 330 g/mol. The fraction of sp³-hybridized carbons (Fsp3) is 0.444. The minimum absolute atomic E-state index is 0.0265. The molecule has 24 heavy (non-hydrogen) atoms. The number of aliphatic hydroxyl groups excluding tert-OH is 1. The van der Waals surface area contributed by atoms with Gasteiger partial charge in [-0.15, -0.1) is 0 Å². The van der Waals surface area contributed by atoms with Crippen molar-refractivity contribution in [3.63, 3.8) is 0 Å². The minimum atomic E-state index is 0.0265. The number of amides is 1. The molecular weight excluding hydrogens is 308 g/mol. The van der Waals surface area contributed by atoms with Crippen LogP contribution in [0.3, 0.4) is 0 Å². The van der Waals surface area contributed by atoms with Crippen LogP contribution < -0.4 is 4.74 Å². The van der Waals surface area contributed by atoms with Crippen molar-refractivity contribution in [3.8, 4) is 17.1 Å². The molecule has 0 bridgehead atoms. The number of carbonyl (C=O) groups excluding carboxylic acids is 1. The molecule has 6 heteroatoms. The number of nitrogens with zero attached hydrogens (tertiary/aromatic N) is 2. The lowest BCUT2D eigenvalue weighted by atomic mass is 9.98. The lowest BCUT2D eigenvalue weighted by Crippen LogP contribution is -2.41. The second-order valence-electron chi connectivity index (χ2n) is 6.12. The van der Waals surface area contributed by atoms with Crippen LogP contribution in [-0.4, -0.2) is 47.9 Å². The van der Waals surface area contributed by atoms with Gasteiger partial charge in [-0.1, -0.05) is 17.3 Å². The number of carbonyl (C=O) groups is 1. The van der Waals surface area contributed by atoms with Gasteiger partial charge in [0.15, 0.2) is 5.76 Å². The molecule has 1 unspecified atom stereocenters. The van der Waals surface area contributed by atoms with Crippen LogP contribution in [0.25, 0.3) is 11.3 Å². The Morgan fingerprint density at radius 3 is 3.12 bits per heavy atom. The molecule has 1 aromatic carbocycles. The Balaban J connectivity index is 1.66. The molecule has 1 fully saturated rings. The maximum absolute atomic E-state index is 12.4. The van der Waals surface area contributed by atoms with Gasteiger partial charge in [-0.25, -0.2) is 0 Å². The normalized spacial score (nSPS) is 17.8. The number of hydrogen-bond donors (Lipinski definition) is 1. The van der Waals surface area contributed by atoms with E-state index in [1.807, 2.05) is 29.2 Å². The number of likely N-dealkylation sites (tertiary alicyclic amines) is 1. The van der Waals surface area contributed by atoms with Gasteiger partial charge in [0.1, 0.15) is 5.75 Å². The van der Waals surface area contributed by atoms with E-state index in [1.54, 1.807) is 13.2 Å². The summed E-state index contributed by atoms with van der Waals surface area (Å²) < 4.78 is 10.6. The Bertz CT molecular complexity index is 698. The average Bonchev–Trinajstić information content (AvgIpc) is 3.10. The van der Waals surface area contributed by atoms with Crippen molar-refractivity contribution in [2.75, 3.05) is 26.8 Å². The van der Waals surface area contributed by atoms with Crippen molar-refractivity contribution in [1.29, 1.82) is 0 Å². The Morgan fingerprint density at radius 1 is 1.46 bits per heavy atom. The van der Waals surface area contributed by atoms with Crippen LogP contribution in [0.1, 0.15) is 18.5 Å². The first-order valence-electron chi connectivity index (χ1n) is 8.18. The zero-order chi connectivity index (χ0) is 16.9. The maximum Gasteiger partial charge on any atom is 0.228 e. The second-order valence-corrected chi connectivity index (χ2v) is 6.12. The number of aliphatic hydroxyl groups is 1. The molecule has 1 aliphatic heterocycles. The summed E-state index contributed by atoms with van der Waals surface area (Å²) in [5, 5.41) is 13.3. The monoisotopic (exact) mass is 330 g/mol. The van der Waals surface area contributed by atoms with E-state index in [1.165, 1.54) is 0 Å². The Kier molecular flexibility index (Phi) is 5.15. The predicted molar refractivity (Wildman–Crippen MR) is 88.6 cm³/mol. The molecule has 0 spiro atoms. The van der Waals surface area contributed by atoms with E-state index in [0.717, 1.165) is 30.7 Å². The summed E-state index contributed by atoms with van der Waals surface area (Å²) in [5.74, 6) is 1.57. The largest absolute Gasteiger partial charge is 0.497 e. The molecule has 6 nitrogen and oxygen atoms in total. The smallest absolute Gasteiger partial charge is 0.228 e. The van der Waals surface area contributed by atoms with Gasteiger partial charge in [0.05, 0.1) is 19.2 Å². The third kappa shape index (κ3) is 3.76. The van der Waals surface area contributed by atoms with E-state index in [9.17, 15) is 9.90 Å². The second kappa shape index (κ2) is 7.49. The van der Waals surface area contributed by atoms with Crippen LogP contribution in [-0.2, 0) is 11.2 Å². The molecule has 128 valence electrons. The highest BCUT2D eigenvalue weighted by molar-refractivity contribution is 5.78. The third-order valence-electron chi connectivity index (χ3n) is 4.38. The molecule has 0 saturated carbocycles. The topological polar surface area (TPSA) is 75.8 Å². The summed E-state index contributed by atoms with van der Waals surface area (Å²) in [6.07, 6.45) is 2.13. The molecule has 2 heterocycles. The highest BCUT2D eigenvalue weighted by Crippen LogP contribution is 2.25. The summed E-state index contributed by atoms with van der Waals surface area (Å²) in [7, 11) is 1.61. The van der Waals surface area contributed by atoms with Gasteiger partial charge in [-0.2, -0.15) is 0 Å². The van der Waals surface area contributed by atoms with Crippen LogP contribution in [0.4, 0.5) is 0 Å². The van der Waals surface area contributed by atoms with E-state index in [4.69, 9.17) is 9.26 Å². The number of aromatic nitrogens is 1. The van der Waals surface area contributed by atoms with E-state index in [-0.39, 0.29) is 24.9 Å². The highest BCUT2D eigenvalue weighted by Gasteiger charge is 2.24. The Hall–Kier alpha value is -2.34.